The Morgan fingerprint density at radius 1 is 1.56 bits per heavy atom. The quantitative estimate of drug-likeness (QED) is 0.780. The Balaban J connectivity index is 2.74. The molecule has 1 rings (SSSR count). The van der Waals surface area contributed by atoms with Crippen molar-refractivity contribution in [3.05, 3.63) is 12.3 Å². The minimum Gasteiger partial charge on any atom is -0.470 e. The van der Waals surface area contributed by atoms with E-state index in [4.69, 9.17) is 19.3 Å². The van der Waals surface area contributed by atoms with Gasteiger partial charge in [0.15, 0.2) is 0 Å². The van der Waals surface area contributed by atoms with Crippen molar-refractivity contribution in [2.24, 2.45) is 5.92 Å². The Bertz CT molecular complexity index is 217. The highest BCUT2D eigenvalue weighted by molar-refractivity contribution is 4.91. The molecule has 0 aromatic carbocycles. The highest BCUT2D eigenvalue weighted by Gasteiger charge is 2.34. The molecular weight excluding hydrogens is 208 g/mol. The number of hydrogen-bond acceptors (Lipinski definition) is 4. The van der Waals surface area contributed by atoms with Crippen LogP contribution in [0, 0.1) is 5.92 Å². The first kappa shape index (κ1) is 13.5. The molecule has 1 saturated heterocycles. The van der Waals surface area contributed by atoms with E-state index >= 15 is 0 Å². The predicted molar refractivity (Wildman–Crippen MR) is 60.9 cm³/mol. The summed E-state index contributed by atoms with van der Waals surface area (Å²) in [5, 5.41) is 9.09. The second-order valence-electron chi connectivity index (χ2n) is 3.97. The lowest BCUT2D eigenvalue weighted by Crippen LogP contribution is -2.35. The summed E-state index contributed by atoms with van der Waals surface area (Å²) in [6, 6.07) is 0. The van der Waals surface area contributed by atoms with Crippen LogP contribution in [0.5, 0.6) is 0 Å². The smallest absolute Gasteiger partial charge is 0.204 e. The van der Waals surface area contributed by atoms with Gasteiger partial charge in [0.25, 0.3) is 0 Å². The summed E-state index contributed by atoms with van der Waals surface area (Å²) in [4.78, 5) is 0. The van der Waals surface area contributed by atoms with Gasteiger partial charge in [-0.25, -0.2) is 0 Å². The van der Waals surface area contributed by atoms with Crippen molar-refractivity contribution in [2.75, 3.05) is 20.3 Å². The van der Waals surface area contributed by atoms with Gasteiger partial charge in [-0.2, -0.15) is 0 Å². The van der Waals surface area contributed by atoms with E-state index in [0.717, 1.165) is 18.6 Å². The van der Waals surface area contributed by atoms with Gasteiger partial charge >= 0.3 is 0 Å². The third-order valence-corrected chi connectivity index (χ3v) is 2.89. The fourth-order valence-electron chi connectivity index (χ4n) is 2.12. The molecule has 0 amide bonds. The molecule has 4 nitrogen and oxygen atoms in total. The standard InChI is InChI=1S/C12H22O4/c1-4-15-11-6-5-9(2)16-12(14-3)10(11)7-8-13/h10-13H,2,4-8H2,1,3H3/t10-,11-,12-/m1/s1. The first-order valence-electron chi connectivity index (χ1n) is 5.82. The van der Waals surface area contributed by atoms with Gasteiger partial charge in [0.1, 0.15) is 0 Å². The van der Waals surface area contributed by atoms with Gasteiger partial charge in [-0.1, -0.05) is 6.58 Å². The van der Waals surface area contributed by atoms with Crippen molar-refractivity contribution >= 4 is 0 Å². The molecule has 1 aliphatic rings. The summed E-state index contributed by atoms with van der Waals surface area (Å²) >= 11 is 0. The lowest BCUT2D eigenvalue weighted by Gasteiger charge is -2.29. The number of hydrogen-bond donors (Lipinski definition) is 1. The monoisotopic (exact) mass is 230 g/mol. The van der Waals surface area contributed by atoms with Crippen LogP contribution in [-0.2, 0) is 14.2 Å². The first-order valence-corrected chi connectivity index (χ1v) is 5.82. The first-order chi connectivity index (χ1) is 7.72. The van der Waals surface area contributed by atoms with Crippen LogP contribution in [0.25, 0.3) is 0 Å². The minimum absolute atomic E-state index is 0.0641. The molecule has 1 fully saturated rings. The highest BCUT2D eigenvalue weighted by atomic mass is 16.7. The third kappa shape index (κ3) is 3.47. The van der Waals surface area contributed by atoms with Crippen LogP contribution in [-0.4, -0.2) is 37.8 Å². The maximum atomic E-state index is 9.09. The van der Waals surface area contributed by atoms with Gasteiger partial charge in [-0.15, -0.1) is 0 Å². The zero-order valence-electron chi connectivity index (χ0n) is 10.1. The number of methoxy groups -OCH3 is 1. The van der Waals surface area contributed by atoms with E-state index in [-0.39, 0.29) is 24.9 Å². The fraction of sp³-hybridized carbons (Fsp3) is 0.833. The van der Waals surface area contributed by atoms with Gasteiger partial charge in [0.2, 0.25) is 6.29 Å². The average molecular weight is 230 g/mol. The molecule has 1 aliphatic heterocycles. The maximum absolute atomic E-state index is 9.09. The molecule has 16 heavy (non-hydrogen) atoms. The van der Waals surface area contributed by atoms with Gasteiger partial charge in [0.05, 0.1) is 11.9 Å². The summed E-state index contributed by atoms with van der Waals surface area (Å²) in [6.45, 7) is 6.59. The van der Waals surface area contributed by atoms with Crippen LogP contribution < -0.4 is 0 Å². The molecule has 0 aromatic heterocycles. The Labute approximate surface area is 97.2 Å². The van der Waals surface area contributed by atoms with E-state index in [1.54, 1.807) is 7.11 Å². The zero-order valence-corrected chi connectivity index (χ0v) is 10.1. The fourth-order valence-corrected chi connectivity index (χ4v) is 2.12. The largest absolute Gasteiger partial charge is 0.470 e. The highest BCUT2D eigenvalue weighted by Crippen LogP contribution is 2.30. The molecule has 0 unspecified atom stereocenters. The summed E-state index contributed by atoms with van der Waals surface area (Å²) in [7, 11) is 1.61. The van der Waals surface area contributed by atoms with E-state index in [1.165, 1.54) is 0 Å². The molecule has 0 saturated carbocycles. The number of aliphatic hydroxyl groups is 1. The number of ether oxygens (including phenoxy) is 3. The molecule has 3 atom stereocenters. The second-order valence-corrected chi connectivity index (χ2v) is 3.97. The van der Waals surface area contributed by atoms with E-state index in [2.05, 4.69) is 6.58 Å². The van der Waals surface area contributed by atoms with Crippen LogP contribution in [0.15, 0.2) is 12.3 Å². The molecule has 1 N–H and O–H groups in total. The topological polar surface area (TPSA) is 47.9 Å². The molecule has 0 aromatic rings. The SMILES string of the molecule is C=C1CC[C@@H](OCC)[C@@H](CCO)[C@H](OC)O1. The average Bonchev–Trinajstić information content (AvgIpc) is 2.42. The van der Waals surface area contributed by atoms with Crippen molar-refractivity contribution in [1.82, 2.24) is 0 Å². The van der Waals surface area contributed by atoms with Gasteiger partial charge in [-0.3, -0.25) is 0 Å². The van der Waals surface area contributed by atoms with Crippen LogP contribution >= 0.6 is 0 Å². The van der Waals surface area contributed by atoms with Gasteiger partial charge < -0.3 is 19.3 Å². The van der Waals surface area contributed by atoms with Crippen molar-refractivity contribution in [3.8, 4) is 0 Å². The summed E-state index contributed by atoms with van der Waals surface area (Å²) in [5.74, 6) is 0.797. The maximum Gasteiger partial charge on any atom is 0.204 e. The molecular formula is C12H22O4. The van der Waals surface area contributed by atoms with Crippen LogP contribution in [0.3, 0.4) is 0 Å². The molecule has 4 heteroatoms. The van der Waals surface area contributed by atoms with E-state index in [1.807, 2.05) is 6.92 Å². The van der Waals surface area contributed by atoms with Gasteiger partial charge in [0, 0.05) is 32.7 Å². The Morgan fingerprint density at radius 2 is 2.31 bits per heavy atom. The lowest BCUT2D eigenvalue weighted by molar-refractivity contribution is -0.156. The van der Waals surface area contributed by atoms with Crippen molar-refractivity contribution in [2.45, 2.75) is 38.6 Å². The van der Waals surface area contributed by atoms with Crippen molar-refractivity contribution < 1.29 is 19.3 Å². The zero-order chi connectivity index (χ0) is 12.0. The van der Waals surface area contributed by atoms with Crippen LogP contribution in [0.1, 0.15) is 26.2 Å². The molecule has 1 heterocycles. The van der Waals surface area contributed by atoms with E-state index < -0.39 is 0 Å². The predicted octanol–water partition coefficient (Wildman–Crippen LogP) is 1.69. The lowest BCUT2D eigenvalue weighted by atomic mass is 9.95. The van der Waals surface area contributed by atoms with Crippen molar-refractivity contribution in [3.63, 3.8) is 0 Å². The third-order valence-electron chi connectivity index (χ3n) is 2.89. The number of aliphatic hydroxyl groups excluding tert-OH is 1. The molecule has 94 valence electrons. The van der Waals surface area contributed by atoms with Gasteiger partial charge in [-0.05, 0) is 19.8 Å². The second kappa shape index (κ2) is 6.89. The Hall–Kier alpha value is -0.580. The van der Waals surface area contributed by atoms with E-state index in [9.17, 15) is 0 Å². The molecule has 0 aliphatic carbocycles. The minimum atomic E-state index is -0.362. The Morgan fingerprint density at radius 3 is 2.88 bits per heavy atom. The molecule has 0 radical (unpaired) electrons. The van der Waals surface area contributed by atoms with E-state index in [0.29, 0.717) is 13.0 Å². The van der Waals surface area contributed by atoms with Crippen LogP contribution in [0.2, 0.25) is 0 Å². The summed E-state index contributed by atoms with van der Waals surface area (Å²) in [6.07, 6.45) is 1.99. The molecule has 0 spiro atoms. The van der Waals surface area contributed by atoms with Crippen LogP contribution in [0.4, 0.5) is 0 Å². The summed E-state index contributed by atoms with van der Waals surface area (Å²) < 4.78 is 16.6. The Kier molecular flexibility index (Phi) is 5.80. The normalized spacial score (nSPS) is 30.9. The number of rotatable bonds is 5. The molecule has 0 bridgehead atoms. The summed E-state index contributed by atoms with van der Waals surface area (Å²) in [5.41, 5.74) is 0. The number of allylic oxidation sites excluding steroid dienone is 1. The van der Waals surface area contributed by atoms with Crippen molar-refractivity contribution in [1.29, 1.82) is 0 Å².